The van der Waals surface area contributed by atoms with Crippen LogP contribution in [0.1, 0.15) is 38.6 Å². The molecular weight excluding hydrogens is 294 g/mol. The number of benzene rings is 1. The first-order chi connectivity index (χ1) is 9.79. The average Bonchev–Trinajstić information content (AvgIpc) is 2.72. The summed E-state index contributed by atoms with van der Waals surface area (Å²) < 4.78 is 26.8. The smallest absolute Gasteiger partial charge is 0.254 e. The Labute approximate surface area is 125 Å². The highest BCUT2D eigenvalue weighted by Gasteiger charge is 2.19. The molecule has 1 atom stereocenters. The zero-order valence-electron chi connectivity index (χ0n) is 12.0. The third-order valence-corrected chi connectivity index (χ3v) is 4.21. The molecule has 3 N–H and O–H groups in total. The number of rotatable bonds is 3. The summed E-state index contributed by atoms with van der Waals surface area (Å²) in [6, 6.07) is 3.35. The highest BCUT2D eigenvalue weighted by molar-refractivity contribution is 7.12. The SMILES string of the molecule is Cc1cc(C(C)NC(=O)c2cc(N)c(F)cc2F)c(C)s1. The Bertz CT molecular complexity index is 697. The molecule has 2 rings (SSSR count). The molecule has 0 saturated heterocycles. The zero-order valence-corrected chi connectivity index (χ0v) is 12.8. The van der Waals surface area contributed by atoms with Crippen LogP contribution in [0.2, 0.25) is 0 Å². The van der Waals surface area contributed by atoms with Crippen molar-refractivity contribution in [3.8, 4) is 0 Å². The standard InChI is InChI=1S/C15H16F2N2OS/c1-7-4-10(9(3)21-7)8(2)19-15(20)11-5-14(18)13(17)6-12(11)16/h4-6,8H,18H2,1-3H3,(H,19,20). The molecule has 0 aliphatic heterocycles. The van der Waals surface area contributed by atoms with Gasteiger partial charge in [0.05, 0.1) is 17.3 Å². The van der Waals surface area contributed by atoms with Gasteiger partial charge >= 0.3 is 0 Å². The van der Waals surface area contributed by atoms with Crippen LogP contribution in [0.4, 0.5) is 14.5 Å². The second-order valence-electron chi connectivity index (χ2n) is 4.92. The molecule has 112 valence electrons. The van der Waals surface area contributed by atoms with Crippen LogP contribution < -0.4 is 11.1 Å². The summed E-state index contributed by atoms with van der Waals surface area (Å²) in [6.45, 7) is 5.76. The lowest BCUT2D eigenvalue weighted by Crippen LogP contribution is -2.27. The van der Waals surface area contributed by atoms with Gasteiger partial charge in [-0.2, -0.15) is 0 Å². The lowest BCUT2D eigenvalue weighted by Gasteiger charge is -2.14. The van der Waals surface area contributed by atoms with Gasteiger partial charge in [0.25, 0.3) is 5.91 Å². The van der Waals surface area contributed by atoms with Crippen molar-refractivity contribution in [2.24, 2.45) is 0 Å². The van der Waals surface area contributed by atoms with Crippen LogP contribution in [-0.2, 0) is 0 Å². The number of carbonyl (C=O) groups excluding carboxylic acids is 1. The normalized spacial score (nSPS) is 12.2. The quantitative estimate of drug-likeness (QED) is 0.849. The van der Waals surface area contributed by atoms with E-state index in [1.165, 1.54) is 0 Å². The second kappa shape index (κ2) is 5.81. The van der Waals surface area contributed by atoms with Gasteiger partial charge in [0.1, 0.15) is 11.6 Å². The highest BCUT2D eigenvalue weighted by atomic mass is 32.1. The fourth-order valence-electron chi connectivity index (χ4n) is 2.17. The molecule has 1 amide bonds. The fraction of sp³-hybridized carbons (Fsp3) is 0.267. The number of carbonyl (C=O) groups is 1. The highest BCUT2D eigenvalue weighted by Crippen LogP contribution is 2.26. The molecule has 1 aromatic heterocycles. The van der Waals surface area contributed by atoms with Gasteiger partial charge in [0, 0.05) is 15.8 Å². The number of nitrogen functional groups attached to an aromatic ring is 1. The Morgan fingerprint density at radius 2 is 1.90 bits per heavy atom. The molecule has 2 aromatic rings. The first-order valence-electron chi connectivity index (χ1n) is 6.42. The van der Waals surface area contributed by atoms with Crippen molar-refractivity contribution in [1.82, 2.24) is 5.32 Å². The van der Waals surface area contributed by atoms with E-state index in [2.05, 4.69) is 5.32 Å². The van der Waals surface area contributed by atoms with E-state index in [9.17, 15) is 13.6 Å². The maximum atomic E-state index is 13.7. The number of nitrogens with two attached hydrogens (primary N) is 1. The van der Waals surface area contributed by atoms with Gasteiger partial charge < -0.3 is 11.1 Å². The first-order valence-corrected chi connectivity index (χ1v) is 7.23. The van der Waals surface area contributed by atoms with E-state index in [0.717, 1.165) is 21.4 Å². The third kappa shape index (κ3) is 3.21. The number of thiophene rings is 1. The van der Waals surface area contributed by atoms with Gasteiger partial charge in [-0.05, 0) is 38.5 Å². The molecule has 21 heavy (non-hydrogen) atoms. The van der Waals surface area contributed by atoms with E-state index in [-0.39, 0.29) is 17.3 Å². The summed E-state index contributed by atoms with van der Waals surface area (Å²) in [7, 11) is 0. The van der Waals surface area contributed by atoms with Crippen LogP contribution >= 0.6 is 11.3 Å². The molecule has 0 fully saturated rings. The van der Waals surface area contributed by atoms with Crippen molar-refractivity contribution in [3.05, 3.63) is 50.7 Å². The molecule has 1 aromatic carbocycles. The Kier molecular flexibility index (Phi) is 4.27. The van der Waals surface area contributed by atoms with E-state index in [1.54, 1.807) is 11.3 Å². The van der Waals surface area contributed by atoms with E-state index in [1.807, 2.05) is 26.8 Å². The van der Waals surface area contributed by atoms with Gasteiger partial charge in [-0.15, -0.1) is 11.3 Å². The molecule has 0 radical (unpaired) electrons. The number of anilines is 1. The van der Waals surface area contributed by atoms with Gasteiger partial charge in [0.15, 0.2) is 0 Å². The number of hydrogen-bond donors (Lipinski definition) is 2. The Morgan fingerprint density at radius 1 is 1.24 bits per heavy atom. The molecule has 0 bridgehead atoms. The average molecular weight is 310 g/mol. The zero-order chi connectivity index (χ0) is 15.7. The van der Waals surface area contributed by atoms with Gasteiger partial charge in [-0.25, -0.2) is 8.78 Å². The lowest BCUT2D eigenvalue weighted by atomic mass is 10.1. The monoisotopic (exact) mass is 310 g/mol. The van der Waals surface area contributed by atoms with Crippen LogP contribution in [0.15, 0.2) is 18.2 Å². The van der Waals surface area contributed by atoms with E-state index in [4.69, 9.17) is 5.73 Å². The minimum Gasteiger partial charge on any atom is -0.396 e. The summed E-state index contributed by atoms with van der Waals surface area (Å²) in [5.41, 5.74) is 5.85. The van der Waals surface area contributed by atoms with Crippen molar-refractivity contribution >= 4 is 22.9 Å². The Hall–Kier alpha value is -1.95. The van der Waals surface area contributed by atoms with Crippen molar-refractivity contribution in [2.45, 2.75) is 26.8 Å². The maximum absolute atomic E-state index is 13.7. The number of hydrogen-bond acceptors (Lipinski definition) is 3. The van der Waals surface area contributed by atoms with Crippen LogP contribution in [0.25, 0.3) is 0 Å². The topological polar surface area (TPSA) is 55.1 Å². The van der Waals surface area contributed by atoms with E-state index >= 15 is 0 Å². The maximum Gasteiger partial charge on any atom is 0.254 e. The first kappa shape index (κ1) is 15.4. The molecule has 1 heterocycles. The third-order valence-electron chi connectivity index (χ3n) is 3.22. The summed E-state index contributed by atoms with van der Waals surface area (Å²) in [5.74, 6) is -2.42. The Morgan fingerprint density at radius 3 is 2.48 bits per heavy atom. The van der Waals surface area contributed by atoms with Crippen LogP contribution in [-0.4, -0.2) is 5.91 Å². The molecule has 0 spiro atoms. The molecular formula is C15H16F2N2OS. The summed E-state index contributed by atoms with van der Waals surface area (Å²) >= 11 is 1.63. The van der Waals surface area contributed by atoms with Crippen molar-refractivity contribution in [3.63, 3.8) is 0 Å². The van der Waals surface area contributed by atoms with Gasteiger partial charge in [-0.1, -0.05) is 0 Å². The second-order valence-corrected chi connectivity index (χ2v) is 6.38. The van der Waals surface area contributed by atoms with Gasteiger partial charge in [0.2, 0.25) is 0 Å². The van der Waals surface area contributed by atoms with Crippen LogP contribution in [0, 0.1) is 25.5 Å². The lowest BCUT2D eigenvalue weighted by molar-refractivity contribution is 0.0936. The van der Waals surface area contributed by atoms with Crippen molar-refractivity contribution < 1.29 is 13.6 Å². The minimum atomic E-state index is -0.926. The molecule has 0 aliphatic rings. The largest absolute Gasteiger partial charge is 0.396 e. The number of halogens is 2. The predicted octanol–water partition coefficient (Wildman–Crippen LogP) is 3.72. The van der Waals surface area contributed by atoms with Crippen LogP contribution in [0.3, 0.4) is 0 Å². The van der Waals surface area contributed by atoms with Gasteiger partial charge in [-0.3, -0.25) is 4.79 Å². The minimum absolute atomic E-state index is 0.253. The summed E-state index contributed by atoms with van der Waals surface area (Å²) in [6.07, 6.45) is 0. The predicted molar refractivity (Wildman–Crippen MR) is 80.4 cm³/mol. The molecule has 0 saturated carbocycles. The summed E-state index contributed by atoms with van der Waals surface area (Å²) in [4.78, 5) is 14.3. The Balaban J connectivity index is 2.22. The molecule has 6 heteroatoms. The molecule has 1 unspecified atom stereocenters. The fourth-order valence-corrected chi connectivity index (χ4v) is 3.19. The van der Waals surface area contributed by atoms with E-state index < -0.39 is 17.5 Å². The van der Waals surface area contributed by atoms with Crippen LogP contribution in [0.5, 0.6) is 0 Å². The number of nitrogens with one attached hydrogen (secondary N) is 1. The van der Waals surface area contributed by atoms with Crippen molar-refractivity contribution in [1.29, 1.82) is 0 Å². The molecule has 0 aliphatic carbocycles. The molecule has 3 nitrogen and oxygen atoms in total. The summed E-state index contributed by atoms with van der Waals surface area (Å²) in [5, 5.41) is 2.70. The number of aryl methyl sites for hydroxylation is 2. The van der Waals surface area contributed by atoms with E-state index in [0.29, 0.717) is 6.07 Å². The number of amides is 1. The van der Waals surface area contributed by atoms with Crippen molar-refractivity contribution in [2.75, 3.05) is 5.73 Å².